The van der Waals surface area contributed by atoms with Crippen LogP contribution < -0.4 is 4.74 Å². The zero-order valence-corrected chi connectivity index (χ0v) is 12.9. The molecule has 0 unspecified atom stereocenters. The highest BCUT2D eigenvalue weighted by Gasteiger charge is 2.28. The number of nitrogens with zero attached hydrogens (tertiary/aromatic N) is 2. The van der Waals surface area contributed by atoms with Gasteiger partial charge >= 0.3 is 0 Å². The Bertz CT molecular complexity index is 695. The van der Waals surface area contributed by atoms with Crippen LogP contribution in [0.25, 0.3) is 10.9 Å². The second kappa shape index (κ2) is 4.97. The number of hydrogen-bond donors (Lipinski definition) is 0. The van der Waals surface area contributed by atoms with Gasteiger partial charge in [-0.25, -0.2) is 4.58 Å². The Labute approximate surface area is 120 Å². The van der Waals surface area contributed by atoms with E-state index in [2.05, 4.69) is 48.1 Å². The highest BCUT2D eigenvalue weighted by Crippen LogP contribution is 2.32. The normalized spacial score (nSPS) is 14.8. The lowest BCUT2D eigenvalue weighted by atomic mass is 10.0. The smallest absolute Gasteiger partial charge is 0.197 e. The summed E-state index contributed by atoms with van der Waals surface area (Å²) in [5.41, 5.74) is 5.63. The number of rotatable bonds is 3. The van der Waals surface area contributed by atoms with Gasteiger partial charge in [-0.1, -0.05) is 0 Å². The van der Waals surface area contributed by atoms with Gasteiger partial charge in [0.1, 0.15) is 24.5 Å². The number of ether oxygens (including phenoxy) is 1. The van der Waals surface area contributed by atoms with Gasteiger partial charge < -0.3 is 9.30 Å². The Kier molecular flexibility index (Phi) is 3.28. The highest BCUT2D eigenvalue weighted by atomic mass is 16.5. The average molecular weight is 271 g/mol. The predicted octanol–water partition coefficient (Wildman–Crippen LogP) is 3.07. The zero-order chi connectivity index (χ0) is 14.3. The van der Waals surface area contributed by atoms with Gasteiger partial charge in [-0.2, -0.15) is 0 Å². The second-order valence-electron chi connectivity index (χ2n) is 5.37. The second-order valence-corrected chi connectivity index (χ2v) is 5.37. The first-order valence-corrected chi connectivity index (χ1v) is 7.49. The topological polar surface area (TPSA) is 17.2 Å². The largest absolute Gasteiger partial charge is 0.497 e. The van der Waals surface area contributed by atoms with Crippen LogP contribution in [0.5, 0.6) is 5.75 Å². The van der Waals surface area contributed by atoms with Crippen molar-refractivity contribution in [3.63, 3.8) is 0 Å². The molecule has 0 N–H and O–H groups in total. The Balaban J connectivity index is 2.34. The molecule has 3 rings (SSSR count). The molecule has 2 aromatic rings. The van der Waals surface area contributed by atoms with Gasteiger partial charge in [0.05, 0.1) is 12.6 Å². The van der Waals surface area contributed by atoms with Gasteiger partial charge in [0.2, 0.25) is 0 Å². The fraction of sp³-hybridized carbons (Fsp3) is 0.471. The van der Waals surface area contributed by atoms with E-state index in [1.165, 1.54) is 27.9 Å². The van der Waals surface area contributed by atoms with E-state index in [0.29, 0.717) is 0 Å². The first kappa shape index (κ1) is 13.2. The van der Waals surface area contributed by atoms with E-state index < -0.39 is 0 Å². The number of hydrogen-bond acceptors (Lipinski definition) is 1. The van der Waals surface area contributed by atoms with Crippen LogP contribution in [0.1, 0.15) is 32.0 Å². The molecule has 3 nitrogen and oxygen atoms in total. The molecular weight excluding hydrogens is 248 g/mol. The van der Waals surface area contributed by atoms with E-state index in [9.17, 15) is 0 Å². The maximum Gasteiger partial charge on any atom is 0.197 e. The van der Waals surface area contributed by atoms with Crippen LogP contribution in [0.15, 0.2) is 18.2 Å². The quantitative estimate of drug-likeness (QED) is 0.784. The first-order valence-electron chi connectivity index (χ1n) is 7.49. The van der Waals surface area contributed by atoms with E-state index in [1.807, 2.05) is 0 Å². The van der Waals surface area contributed by atoms with Crippen molar-refractivity contribution in [2.75, 3.05) is 20.2 Å². The maximum atomic E-state index is 5.39. The molecule has 1 aliphatic heterocycles. The van der Waals surface area contributed by atoms with Gasteiger partial charge in [0, 0.05) is 31.3 Å². The minimum absolute atomic E-state index is 0.937. The number of fused-ring (bicyclic) bond motifs is 3. The molecule has 1 aromatic carbocycles. The summed E-state index contributed by atoms with van der Waals surface area (Å²) < 4.78 is 10.3. The fourth-order valence-corrected chi connectivity index (χ4v) is 3.48. The molecule has 0 radical (unpaired) electrons. The van der Waals surface area contributed by atoms with E-state index in [-0.39, 0.29) is 0 Å². The van der Waals surface area contributed by atoms with Crippen molar-refractivity contribution in [3.05, 3.63) is 29.5 Å². The molecule has 0 saturated carbocycles. The lowest BCUT2D eigenvalue weighted by Gasteiger charge is -2.15. The van der Waals surface area contributed by atoms with Crippen LogP contribution in [-0.4, -0.2) is 35.1 Å². The van der Waals surface area contributed by atoms with Crippen molar-refractivity contribution in [2.24, 2.45) is 0 Å². The molecule has 0 aliphatic carbocycles. The van der Waals surface area contributed by atoms with Crippen LogP contribution in [0, 0.1) is 0 Å². The molecule has 106 valence electrons. The van der Waals surface area contributed by atoms with Crippen LogP contribution in [0.3, 0.4) is 0 Å². The van der Waals surface area contributed by atoms with Gasteiger partial charge in [-0.15, -0.1) is 0 Å². The number of benzene rings is 1. The molecule has 0 amide bonds. The Morgan fingerprint density at radius 3 is 2.75 bits per heavy atom. The van der Waals surface area contributed by atoms with Gasteiger partial charge in [-0.3, -0.25) is 0 Å². The van der Waals surface area contributed by atoms with E-state index >= 15 is 0 Å². The predicted molar refractivity (Wildman–Crippen MR) is 83.3 cm³/mol. The average Bonchev–Trinajstić information content (AvgIpc) is 2.81. The standard InChI is InChI=1S/C17H23N2O/c1-5-18-10-9-15-14-8-7-13(20-4)11-16(14)19(6-2)17(15)12(18)3/h7-8,11H,5-6,9-10H2,1-4H3/q+1. The summed E-state index contributed by atoms with van der Waals surface area (Å²) in [7, 11) is 1.73. The minimum Gasteiger partial charge on any atom is -0.497 e. The molecule has 1 aliphatic rings. The molecule has 0 saturated heterocycles. The summed E-state index contributed by atoms with van der Waals surface area (Å²) in [6.07, 6.45) is 1.14. The van der Waals surface area contributed by atoms with E-state index in [0.717, 1.165) is 31.8 Å². The fourth-order valence-electron chi connectivity index (χ4n) is 3.48. The summed E-state index contributed by atoms with van der Waals surface area (Å²) >= 11 is 0. The number of methoxy groups -OCH3 is 1. The third-order valence-electron chi connectivity index (χ3n) is 4.52. The number of aromatic nitrogens is 1. The van der Waals surface area contributed by atoms with Gasteiger partial charge in [0.15, 0.2) is 5.71 Å². The van der Waals surface area contributed by atoms with Crippen molar-refractivity contribution in [1.29, 1.82) is 0 Å². The summed E-state index contributed by atoms with van der Waals surface area (Å²) in [5.74, 6) is 0.937. The number of likely N-dealkylation sites (N-methyl/N-ethyl adjacent to an activating group) is 1. The van der Waals surface area contributed by atoms with Crippen LogP contribution in [-0.2, 0) is 13.0 Å². The summed E-state index contributed by atoms with van der Waals surface area (Å²) in [4.78, 5) is 0. The van der Waals surface area contributed by atoms with Crippen molar-refractivity contribution < 1.29 is 9.31 Å². The molecule has 0 spiro atoms. The Hall–Kier alpha value is -1.77. The zero-order valence-electron chi connectivity index (χ0n) is 12.9. The monoisotopic (exact) mass is 271 g/mol. The third-order valence-corrected chi connectivity index (χ3v) is 4.52. The van der Waals surface area contributed by atoms with Crippen LogP contribution >= 0.6 is 0 Å². The maximum absolute atomic E-state index is 5.39. The minimum atomic E-state index is 0.937. The lowest BCUT2D eigenvalue weighted by Crippen LogP contribution is -2.29. The van der Waals surface area contributed by atoms with E-state index in [4.69, 9.17) is 4.74 Å². The molecule has 0 fully saturated rings. The summed E-state index contributed by atoms with van der Waals surface area (Å²) in [5, 5.41) is 1.39. The summed E-state index contributed by atoms with van der Waals surface area (Å²) in [6, 6.07) is 6.46. The van der Waals surface area contributed by atoms with Crippen molar-refractivity contribution in [3.8, 4) is 5.75 Å². The van der Waals surface area contributed by atoms with Crippen molar-refractivity contribution in [2.45, 2.75) is 33.7 Å². The van der Waals surface area contributed by atoms with Gasteiger partial charge in [0.25, 0.3) is 0 Å². The van der Waals surface area contributed by atoms with Crippen LogP contribution in [0.4, 0.5) is 0 Å². The third kappa shape index (κ3) is 1.76. The molecule has 0 atom stereocenters. The van der Waals surface area contributed by atoms with E-state index in [1.54, 1.807) is 7.11 Å². The van der Waals surface area contributed by atoms with Gasteiger partial charge in [-0.05, 0) is 31.5 Å². The molecular formula is C17H23N2O+. The van der Waals surface area contributed by atoms with Crippen LogP contribution in [0.2, 0.25) is 0 Å². The first-order chi connectivity index (χ1) is 9.71. The Morgan fingerprint density at radius 2 is 2.10 bits per heavy atom. The molecule has 2 heterocycles. The van der Waals surface area contributed by atoms with Crippen molar-refractivity contribution >= 4 is 16.6 Å². The molecule has 1 aromatic heterocycles. The molecule has 0 bridgehead atoms. The number of aryl methyl sites for hydroxylation is 1. The molecule has 20 heavy (non-hydrogen) atoms. The molecule has 3 heteroatoms. The SMILES string of the molecule is CCn1c2c(c3ccc(OC)cc31)CC[N+](CC)=C2C. The lowest BCUT2D eigenvalue weighted by molar-refractivity contribution is -0.525. The van der Waals surface area contributed by atoms with Crippen molar-refractivity contribution in [1.82, 2.24) is 4.57 Å². The summed E-state index contributed by atoms with van der Waals surface area (Å²) in [6.45, 7) is 9.91. The Morgan fingerprint density at radius 1 is 1.30 bits per heavy atom. The highest BCUT2D eigenvalue weighted by molar-refractivity contribution is 6.03.